The molecule has 0 saturated carbocycles. The topological polar surface area (TPSA) is 141 Å². The van der Waals surface area contributed by atoms with Crippen molar-refractivity contribution in [3.8, 4) is 6.07 Å². The summed E-state index contributed by atoms with van der Waals surface area (Å²) >= 11 is 6.50. The highest BCUT2D eigenvalue weighted by atomic mass is 35.5. The maximum Gasteiger partial charge on any atom is 0.262 e. The van der Waals surface area contributed by atoms with E-state index in [2.05, 4.69) is 38.2 Å². The van der Waals surface area contributed by atoms with E-state index in [4.69, 9.17) is 11.6 Å². The zero-order chi connectivity index (χ0) is 42.6. The normalized spacial score (nSPS) is 22.3. The highest BCUT2D eigenvalue weighted by Crippen LogP contribution is 2.44. The quantitative estimate of drug-likeness (QED) is 0.315. The van der Waals surface area contributed by atoms with Crippen molar-refractivity contribution in [3.63, 3.8) is 0 Å². The molecule has 0 radical (unpaired) electrons. The minimum absolute atomic E-state index is 0.0174. The van der Waals surface area contributed by atoms with Gasteiger partial charge >= 0.3 is 0 Å². The SMILES string of the molecule is Cc1c(N2CCC3(CCN(c4ccc(C(=O)N5CCN(CC6CCN(c7cc8c(cc7F)C(=O)N(C7CCC(=O)NC7=O)C8=O)CC6)CC5)cc4)CC3)C2)ccc(C#N)c1Cl. The fraction of sp³-hybridized carbons (Fsp3) is 0.478. The minimum atomic E-state index is -1.10. The monoisotopic (exact) mass is 848 g/mol. The standard InChI is InChI=1S/C46H50ClFN8O5/c1-29-37(7-4-32(26-49)41(29)47)55-19-14-46(28-55)12-17-52(18-13-46)33-5-2-31(3-6-33)43(59)54-22-20-51(21-23-54)27-30-10-15-53(16-11-30)39-25-35-34(24-36(39)48)44(60)56(45(35)61)38-8-9-40(57)50-42(38)58/h2-7,24-25,30,38H,8-23,27-28H2,1H3,(H,50,57,58). The second-order valence-electron chi connectivity index (χ2n) is 17.7. The number of piperazine rings is 1. The van der Waals surface area contributed by atoms with E-state index < -0.39 is 35.5 Å². The first-order valence-electron chi connectivity index (χ1n) is 21.5. The number of carbonyl (C=O) groups is 5. The zero-order valence-electron chi connectivity index (χ0n) is 34.4. The third-order valence-corrected chi connectivity index (χ3v) is 14.7. The van der Waals surface area contributed by atoms with Gasteiger partial charge in [0.25, 0.3) is 17.7 Å². The van der Waals surface area contributed by atoms with Gasteiger partial charge in [0.15, 0.2) is 0 Å². The molecule has 5 amide bonds. The van der Waals surface area contributed by atoms with E-state index in [-0.39, 0.29) is 41.0 Å². The lowest BCUT2D eigenvalue weighted by molar-refractivity contribution is -0.136. The average Bonchev–Trinajstić information content (AvgIpc) is 3.78. The van der Waals surface area contributed by atoms with E-state index in [9.17, 15) is 29.2 Å². The summed E-state index contributed by atoms with van der Waals surface area (Å²) in [6, 6.07) is 15.6. The van der Waals surface area contributed by atoms with Crippen molar-refractivity contribution < 1.29 is 28.4 Å². The number of piperidine rings is 3. The van der Waals surface area contributed by atoms with Crippen LogP contribution in [0.15, 0.2) is 48.5 Å². The molecule has 9 rings (SSSR count). The molecule has 1 N–H and O–H groups in total. The van der Waals surface area contributed by atoms with Crippen LogP contribution in [0, 0.1) is 35.4 Å². The van der Waals surface area contributed by atoms with Crippen LogP contribution in [0.2, 0.25) is 5.02 Å². The summed E-state index contributed by atoms with van der Waals surface area (Å²) in [4.78, 5) is 76.1. The molecule has 13 nitrogen and oxygen atoms in total. The second-order valence-corrected chi connectivity index (χ2v) is 18.1. The van der Waals surface area contributed by atoms with Crippen LogP contribution in [-0.4, -0.2) is 122 Å². The van der Waals surface area contributed by atoms with E-state index in [0.717, 1.165) is 106 Å². The number of nitrogens with zero attached hydrogens (tertiary/aromatic N) is 7. The van der Waals surface area contributed by atoms with Gasteiger partial charge < -0.3 is 19.6 Å². The van der Waals surface area contributed by atoms with Gasteiger partial charge in [0.05, 0.1) is 27.4 Å². The van der Waals surface area contributed by atoms with Crippen molar-refractivity contribution >= 4 is 58.2 Å². The highest BCUT2D eigenvalue weighted by Gasteiger charge is 2.46. The van der Waals surface area contributed by atoms with Crippen LogP contribution < -0.4 is 20.0 Å². The van der Waals surface area contributed by atoms with E-state index in [1.54, 1.807) is 0 Å². The lowest BCUT2D eigenvalue weighted by Crippen LogP contribution is -2.54. The summed E-state index contributed by atoms with van der Waals surface area (Å²) in [5.74, 6) is -2.64. The van der Waals surface area contributed by atoms with Crippen LogP contribution in [0.4, 0.5) is 21.5 Å². The molecule has 6 heterocycles. The van der Waals surface area contributed by atoms with Gasteiger partial charge in [-0.1, -0.05) is 11.6 Å². The van der Waals surface area contributed by atoms with Crippen molar-refractivity contribution in [2.75, 3.05) is 86.7 Å². The Hall–Kier alpha value is -5.52. The number of fused-ring (bicyclic) bond motifs is 1. The first kappa shape index (κ1) is 40.9. The van der Waals surface area contributed by atoms with Gasteiger partial charge in [0.1, 0.15) is 17.9 Å². The van der Waals surface area contributed by atoms with Crippen molar-refractivity contribution in [2.24, 2.45) is 11.3 Å². The van der Waals surface area contributed by atoms with Crippen LogP contribution in [0.25, 0.3) is 0 Å². The molecular weight excluding hydrogens is 799 g/mol. The van der Waals surface area contributed by atoms with E-state index in [0.29, 0.717) is 48.2 Å². The molecule has 3 aromatic rings. The predicted octanol–water partition coefficient (Wildman–Crippen LogP) is 5.23. The molecule has 15 heteroatoms. The Bertz CT molecular complexity index is 2330. The van der Waals surface area contributed by atoms with Gasteiger partial charge in [-0.2, -0.15) is 5.26 Å². The number of rotatable bonds is 7. The maximum atomic E-state index is 15.5. The number of halogens is 2. The molecule has 5 saturated heterocycles. The van der Waals surface area contributed by atoms with Gasteiger partial charge in [-0.15, -0.1) is 0 Å². The van der Waals surface area contributed by atoms with Gasteiger partial charge in [0, 0.05) is 95.4 Å². The molecule has 318 valence electrons. The molecule has 1 spiro atoms. The molecule has 1 unspecified atom stereocenters. The molecule has 5 fully saturated rings. The Kier molecular flexibility index (Phi) is 11.0. The van der Waals surface area contributed by atoms with Gasteiger partial charge in [0.2, 0.25) is 11.8 Å². The highest BCUT2D eigenvalue weighted by molar-refractivity contribution is 6.33. The molecular formula is C46H50ClFN8O5. The van der Waals surface area contributed by atoms with Crippen LogP contribution in [-0.2, 0) is 9.59 Å². The number of nitrogens with one attached hydrogen (secondary N) is 1. The molecule has 0 aromatic heterocycles. The summed E-state index contributed by atoms with van der Waals surface area (Å²) in [5.41, 5.74) is 5.01. The number of benzene rings is 3. The van der Waals surface area contributed by atoms with Crippen molar-refractivity contribution in [1.82, 2.24) is 20.0 Å². The van der Waals surface area contributed by atoms with Crippen molar-refractivity contribution in [1.29, 1.82) is 5.26 Å². The number of nitriles is 1. The number of hydrogen-bond acceptors (Lipinski definition) is 10. The summed E-state index contributed by atoms with van der Waals surface area (Å²) in [6.07, 6.45) is 5.07. The zero-order valence-corrected chi connectivity index (χ0v) is 35.2. The third kappa shape index (κ3) is 7.71. The summed E-state index contributed by atoms with van der Waals surface area (Å²) < 4.78 is 15.5. The van der Waals surface area contributed by atoms with Crippen molar-refractivity contribution in [2.45, 2.75) is 57.9 Å². The first-order valence-corrected chi connectivity index (χ1v) is 21.9. The van der Waals surface area contributed by atoms with Crippen LogP contribution in [0.5, 0.6) is 0 Å². The Balaban J connectivity index is 0.723. The summed E-state index contributed by atoms with van der Waals surface area (Å²) in [7, 11) is 0. The minimum Gasteiger partial charge on any atom is -0.371 e. The molecule has 0 aliphatic carbocycles. The summed E-state index contributed by atoms with van der Waals surface area (Å²) in [6.45, 7) is 10.9. The number of carbonyl (C=O) groups excluding carboxylic acids is 5. The van der Waals surface area contributed by atoms with Crippen LogP contribution in [0.3, 0.4) is 0 Å². The molecule has 0 bridgehead atoms. The summed E-state index contributed by atoms with van der Waals surface area (Å²) in [5, 5.41) is 12.1. The first-order chi connectivity index (χ1) is 29.4. The molecule has 1 atom stereocenters. The Morgan fingerprint density at radius 2 is 1.48 bits per heavy atom. The van der Waals surface area contributed by atoms with Gasteiger partial charge in [-0.25, -0.2) is 4.39 Å². The fourth-order valence-electron chi connectivity index (χ4n) is 10.5. The van der Waals surface area contributed by atoms with E-state index in [1.165, 1.54) is 6.07 Å². The molecule has 6 aliphatic heterocycles. The number of anilines is 3. The molecule has 3 aromatic carbocycles. The Labute approximate surface area is 360 Å². The Morgan fingerprint density at radius 3 is 2.13 bits per heavy atom. The number of imide groups is 2. The van der Waals surface area contributed by atoms with Crippen molar-refractivity contribution in [3.05, 3.63) is 87.2 Å². The molecule has 61 heavy (non-hydrogen) atoms. The average molecular weight is 849 g/mol. The smallest absolute Gasteiger partial charge is 0.262 e. The van der Waals surface area contributed by atoms with E-state index in [1.807, 2.05) is 41.0 Å². The lowest BCUT2D eigenvalue weighted by atomic mass is 9.77. The molecule has 6 aliphatic rings. The largest absolute Gasteiger partial charge is 0.371 e. The van der Waals surface area contributed by atoms with Crippen LogP contribution in [0.1, 0.15) is 87.1 Å². The predicted molar refractivity (Wildman–Crippen MR) is 228 cm³/mol. The second kappa shape index (κ2) is 16.4. The van der Waals surface area contributed by atoms with Gasteiger partial charge in [-0.3, -0.25) is 39.1 Å². The maximum absolute atomic E-state index is 15.5. The van der Waals surface area contributed by atoms with E-state index >= 15 is 4.39 Å². The third-order valence-electron chi connectivity index (χ3n) is 14.2. The number of hydrogen-bond donors (Lipinski definition) is 1. The van der Waals surface area contributed by atoms with Gasteiger partial charge in [-0.05, 0) is 111 Å². The van der Waals surface area contributed by atoms with Crippen LogP contribution >= 0.6 is 11.6 Å². The Morgan fingerprint density at radius 1 is 0.820 bits per heavy atom. The fourth-order valence-corrected chi connectivity index (χ4v) is 10.7. The number of amides is 5. The lowest BCUT2D eigenvalue weighted by Gasteiger charge is -2.40.